The van der Waals surface area contributed by atoms with Gasteiger partial charge in [-0.3, -0.25) is 4.79 Å². The summed E-state index contributed by atoms with van der Waals surface area (Å²) < 4.78 is 5.38. The van der Waals surface area contributed by atoms with Crippen molar-refractivity contribution in [1.29, 1.82) is 5.26 Å². The first-order valence-corrected chi connectivity index (χ1v) is 5.53. The van der Waals surface area contributed by atoms with E-state index in [9.17, 15) is 4.79 Å². The molecule has 0 bridgehead atoms. The molecular weight excluding hydrogens is 252 g/mol. The summed E-state index contributed by atoms with van der Waals surface area (Å²) in [5.74, 6) is 2.40. The predicted octanol–water partition coefficient (Wildman–Crippen LogP) is 1.73. The Labute approximate surface area is 111 Å². The minimum Gasteiger partial charge on any atom is -0.481 e. The van der Waals surface area contributed by atoms with Crippen molar-refractivity contribution < 1.29 is 9.53 Å². The van der Waals surface area contributed by atoms with Gasteiger partial charge >= 0.3 is 0 Å². The second kappa shape index (κ2) is 6.54. The Hall–Kier alpha value is -2.17. The number of carbonyl (C=O) groups excluding carboxylic acids is 1. The largest absolute Gasteiger partial charge is 0.481 e. The zero-order chi connectivity index (χ0) is 13.5. The third-order valence-corrected chi connectivity index (χ3v) is 2.42. The van der Waals surface area contributed by atoms with Crippen LogP contribution in [0.5, 0.6) is 5.75 Å². The summed E-state index contributed by atoms with van der Waals surface area (Å²) in [6.07, 6.45) is 4.34. The molecule has 1 atom stereocenters. The Kier molecular flexibility index (Phi) is 5.05. The maximum absolute atomic E-state index is 11.5. The molecule has 1 amide bonds. The summed E-state index contributed by atoms with van der Waals surface area (Å²) in [5, 5.41) is 11.5. The highest BCUT2D eigenvalue weighted by Gasteiger charge is 2.14. The van der Waals surface area contributed by atoms with Gasteiger partial charge in [-0.15, -0.1) is 6.42 Å². The van der Waals surface area contributed by atoms with Crippen molar-refractivity contribution in [3.05, 3.63) is 28.8 Å². The molecule has 0 aliphatic carbocycles. The minimum absolute atomic E-state index is 0.153. The maximum Gasteiger partial charge on any atom is 0.261 e. The average Bonchev–Trinajstić information content (AvgIpc) is 2.36. The molecule has 0 fully saturated rings. The summed E-state index contributed by atoms with van der Waals surface area (Å²) in [7, 11) is 0. The highest BCUT2D eigenvalue weighted by Crippen LogP contribution is 2.22. The number of hydrogen-bond donors (Lipinski definition) is 1. The van der Waals surface area contributed by atoms with Crippen molar-refractivity contribution in [2.75, 3.05) is 6.54 Å². The van der Waals surface area contributed by atoms with Crippen LogP contribution >= 0.6 is 11.6 Å². The fourth-order valence-corrected chi connectivity index (χ4v) is 1.41. The van der Waals surface area contributed by atoms with Crippen LogP contribution < -0.4 is 10.1 Å². The standard InChI is InChI=1S/C13H11ClN2O2/c1-3-6-16-13(17)9(2)18-11-5-4-10(8-15)12(14)7-11/h1,4-5,7,9H,6H2,2H3,(H,16,17). The monoisotopic (exact) mass is 262 g/mol. The van der Waals surface area contributed by atoms with Gasteiger partial charge in [-0.05, 0) is 19.1 Å². The molecule has 4 nitrogen and oxygen atoms in total. The lowest BCUT2D eigenvalue weighted by molar-refractivity contribution is -0.126. The number of nitrogens with one attached hydrogen (secondary N) is 1. The van der Waals surface area contributed by atoms with Gasteiger partial charge in [0.1, 0.15) is 11.8 Å². The number of carbonyl (C=O) groups is 1. The minimum atomic E-state index is -0.692. The molecule has 0 saturated carbocycles. The highest BCUT2D eigenvalue weighted by atomic mass is 35.5. The Bertz CT molecular complexity index is 529. The van der Waals surface area contributed by atoms with E-state index in [-0.39, 0.29) is 17.5 Å². The van der Waals surface area contributed by atoms with Gasteiger partial charge in [-0.2, -0.15) is 5.26 Å². The third kappa shape index (κ3) is 3.69. The molecule has 0 spiro atoms. The number of terminal acetylenes is 1. The Morgan fingerprint density at radius 1 is 1.67 bits per heavy atom. The summed E-state index contributed by atoms with van der Waals surface area (Å²) in [5.41, 5.74) is 0.355. The molecule has 92 valence electrons. The van der Waals surface area contributed by atoms with Crippen LogP contribution in [-0.2, 0) is 4.79 Å². The molecule has 1 rings (SSSR count). The van der Waals surface area contributed by atoms with E-state index >= 15 is 0 Å². The quantitative estimate of drug-likeness (QED) is 0.841. The smallest absolute Gasteiger partial charge is 0.261 e. The number of hydrogen-bond acceptors (Lipinski definition) is 3. The molecule has 5 heteroatoms. The average molecular weight is 263 g/mol. The number of halogens is 1. The Morgan fingerprint density at radius 2 is 2.39 bits per heavy atom. The molecule has 0 aliphatic rings. The van der Waals surface area contributed by atoms with Crippen LogP contribution in [0.3, 0.4) is 0 Å². The van der Waals surface area contributed by atoms with Crippen LogP contribution in [0.1, 0.15) is 12.5 Å². The Morgan fingerprint density at radius 3 is 2.94 bits per heavy atom. The van der Waals surface area contributed by atoms with Crippen molar-refractivity contribution in [3.8, 4) is 24.2 Å². The topological polar surface area (TPSA) is 62.1 Å². The number of amides is 1. The van der Waals surface area contributed by atoms with Crippen molar-refractivity contribution >= 4 is 17.5 Å². The predicted molar refractivity (Wildman–Crippen MR) is 68.1 cm³/mol. The molecule has 18 heavy (non-hydrogen) atoms. The lowest BCUT2D eigenvalue weighted by Crippen LogP contribution is -2.36. The summed E-state index contributed by atoms with van der Waals surface area (Å²) in [4.78, 5) is 11.5. The fourth-order valence-electron chi connectivity index (χ4n) is 1.20. The number of ether oxygens (including phenoxy) is 1. The number of nitrogens with zero attached hydrogens (tertiary/aromatic N) is 1. The van der Waals surface area contributed by atoms with Gasteiger partial charge in [0.05, 0.1) is 17.1 Å². The lowest BCUT2D eigenvalue weighted by Gasteiger charge is -2.14. The van der Waals surface area contributed by atoms with Gasteiger partial charge in [0.15, 0.2) is 6.10 Å². The van der Waals surface area contributed by atoms with Gasteiger partial charge in [0, 0.05) is 6.07 Å². The summed E-state index contributed by atoms with van der Waals surface area (Å²) >= 11 is 5.85. The van der Waals surface area contributed by atoms with E-state index in [0.29, 0.717) is 11.3 Å². The van der Waals surface area contributed by atoms with Crippen LogP contribution in [0.15, 0.2) is 18.2 Å². The number of nitriles is 1. The van der Waals surface area contributed by atoms with Gasteiger partial charge < -0.3 is 10.1 Å². The molecule has 1 N–H and O–H groups in total. The zero-order valence-corrected chi connectivity index (χ0v) is 10.5. The van der Waals surface area contributed by atoms with Gasteiger partial charge in [-0.25, -0.2) is 0 Å². The summed E-state index contributed by atoms with van der Waals surface area (Å²) in [6, 6.07) is 6.54. The molecule has 0 aromatic heterocycles. The van der Waals surface area contributed by atoms with Crippen molar-refractivity contribution in [1.82, 2.24) is 5.32 Å². The molecule has 0 heterocycles. The first kappa shape index (κ1) is 13.9. The molecule has 0 radical (unpaired) electrons. The number of rotatable bonds is 4. The second-order valence-electron chi connectivity index (χ2n) is 3.44. The van der Waals surface area contributed by atoms with E-state index < -0.39 is 6.10 Å². The van der Waals surface area contributed by atoms with E-state index in [1.54, 1.807) is 13.0 Å². The molecule has 1 unspecified atom stereocenters. The van der Waals surface area contributed by atoms with Crippen LogP contribution in [0.25, 0.3) is 0 Å². The van der Waals surface area contributed by atoms with Crippen molar-refractivity contribution in [2.45, 2.75) is 13.0 Å². The normalized spacial score (nSPS) is 10.9. The van der Waals surface area contributed by atoms with Crippen molar-refractivity contribution in [2.24, 2.45) is 0 Å². The first-order chi connectivity index (χ1) is 8.58. The van der Waals surface area contributed by atoms with E-state index in [2.05, 4.69) is 11.2 Å². The third-order valence-electron chi connectivity index (χ3n) is 2.11. The van der Waals surface area contributed by atoms with E-state index in [1.165, 1.54) is 12.1 Å². The Balaban J connectivity index is 2.68. The van der Waals surface area contributed by atoms with E-state index in [0.717, 1.165) is 0 Å². The molecule has 1 aromatic carbocycles. The molecule has 0 saturated heterocycles. The molecular formula is C13H11ClN2O2. The van der Waals surface area contributed by atoms with E-state index in [1.807, 2.05) is 6.07 Å². The number of benzene rings is 1. The van der Waals surface area contributed by atoms with Crippen LogP contribution in [0.2, 0.25) is 5.02 Å². The van der Waals surface area contributed by atoms with Gasteiger partial charge in [-0.1, -0.05) is 17.5 Å². The lowest BCUT2D eigenvalue weighted by atomic mass is 10.2. The van der Waals surface area contributed by atoms with Gasteiger partial charge in [0.2, 0.25) is 0 Å². The van der Waals surface area contributed by atoms with Crippen LogP contribution in [-0.4, -0.2) is 18.6 Å². The maximum atomic E-state index is 11.5. The fraction of sp³-hybridized carbons (Fsp3) is 0.231. The zero-order valence-electron chi connectivity index (χ0n) is 9.74. The molecule has 0 aliphatic heterocycles. The highest BCUT2D eigenvalue weighted by molar-refractivity contribution is 6.31. The second-order valence-corrected chi connectivity index (χ2v) is 3.84. The molecule has 1 aromatic rings. The first-order valence-electron chi connectivity index (χ1n) is 5.16. The summed E-state index contributed by atoms with van der Waals surface area (Å²) in [6.45, 7) is 1.75. The van der Waals surface area contributed by atoms with Crippen LogP contribution in [0.4, 0.5) is 0 Å². The van der Waals surface area contributed by atoms with Crippen LogP contribution in [0, 0.1) is 23.7 Å². The van der Waals surface area contributed by atoms with Crippen molar-refractivity contribution in [3.63, 3.8) is 0 Å². The van der Waals surface area contributed by atoms with Gasteiger partial charge in [0.25, 0.3) is 5.91 Å². The SMILES string of the molecule is C#CCNC(=O)C(C)Oc1ccc(C#N)c(Cl)c1. The van der Waals surface area contributed by atoms with E-state index in [4.69, 9.17) is 28.0 Å².